The van der Waals surface area contributed by atoms with Crippen LogP contribution in [0, 0.1) is 0 Å². The van der Waals surface area contributed by atoms with Gasteiger partial charge in [-0.1, -0.05) is 38.5 Å². The first-order valence-corrected chi connectivity index (χ1v) is 12.9. The minimum absolute atomic E-state index is 0.0148. The van der Waals surface area contributed by atoms with E-state index >= 15 is 0 Å². The molecule has 3 aliphatic carbocycles. The summed E-state index contributed by atoms with van der Waals surface area (Å²) in [7, 11) is 0. The second-order valence-electron chi connectivity index (χ2n) is 9.90. The molecule has 7 nitrogen and oxygen atoms in total. The molecule has 3 saturated carbocycles. The molecule has 2 N–H and O–H groups in total. The zero-order chi connectivity index (χ0) is 21.5. The van der Waals surface area contributed by atoms with Crippen molar-refractivity contribution in [2.75, 3.05) is 26.3 Å². The molecule has 0 radical (unpaired) electrons. The zero-order valence-corrected chi connectivity index (χ0v) is 19.2. The number of carbonyl (C=O) groups is 1. The lowest BCUT2D eigenvalue weighted by Gasteiger charge is -2.41. The summed E-state index contributed by atoms with van der Waals surface area (Å²) < 4.78 is 11.7. The second kappa shape index (κ2) is 11.5. The number of rotatable bonds is 3. The summed E-state index contributed by atoms with van der Waals surface area (Å²) in [6, 6.07) is 0.761. The Morgan fingerprint density at radius 3 is 2.13 bits per heavy atom. The van der Waals surface area contributed by atoms with Gasteiger partial charge in [0.2, 0.25) is 5.96 Å². The average molecular weight is 435 g/mol. The lowest BCUT2D eigenvalue weighted by molar-refractivity contribution is 0.0343. The summed E-state index contributed by atoms with van der Waals surface area (Å²) in [5, 5.41) is 0. The number of nitrogens with zero attached hydrogens (tertiary/aromatic N) is 3. The molecule has 0 aromatic heterocycles. The summed E-state index contributed by atoms with van der Waals surface area (Å²) >= 11 is 0. The molecule has 7 heteroatoms. The van der Waals surface area contributed by atoms with Crippen LogP contribution in [0.15, 0.2) is 4.99 Å². The van der Waals surface area contributed by atoms with Crippen molar-refractivity contribution in [3.8, 4) is 0 Å². The third kappa shape index (κ3) is 6.35. The van der Waals surface area contributed by atoms with Gasteiger partial charge in [-0.3, -0.25) is 0 Å². The van der Waals surface area contributed by atoms with E-state index in [9.17, 15) is 4.79 Å². The molecule has 0 unspecified atom stereocenters. The van der Waals surface area contributed by atoms with Crippen molar-refractivity contribution in [1.82, 2.24) is 9.80 Å². The molecule has 31 heavy (non-hydrogen) atoms. The standard InChI is InChI=1S/C24H42N4O3/c25-19-11-13-22(14-12-19)31-24(29)28(21-9-5-2-6-10-21)23(27-15-17-30-18-16-27)26-20-7-3-1-4-8-20/h19-22H,1-18,25H2. The van der Waals surface area contributed by atoms with E-state index in [1.165, 1.54) is 38.5 Å². The quantitative estimate of drug-likeness (QED) is 0.535. The highest BCUT2D eigenvalue weighted by Gasteiger charge is 2.36. The van der Waals surface area contributed by atoms with Gasteiger partial charge >= 0.3 is 6.09 Å². The highest BCUT2D eigenvalue weighted by molar-refractivity contribution is 5.94. The Hall–Kier alpha value is -1.34. The molecular weight excluding hydrogens is 392 g/mol. The van der Waals surface area contributed by atoms with E-state index in [1.54, 1.807) is 0 Å². The maximum absolute atomic E-state index is 13.7. The number of amides is 1. The first-order chi connectivity index (χ1) is 15.2. The maximum atomic E-state index is 13.7. The lowest BCUT2D eigenvalue weighted by Crippen LogP contribution is -2.56. The lowest BCUT2D eigenvalue weighted by atomic mass is 9.93. The van der Waals surface area contributed by atoms with Crippen molar-refractivity contribution >= 4 is 12.1 Å². The maximum Gasteiger partial charge on any atom is 0.417 e. The fraction of sp³-hybridized carbons (Fsp3) is 0.917. The molecule has 1 aliphatic heterocycles. The number of hydrogen-bond acceptors (Lipinski definition) is 5. The van der Waals surface area contributed by atoms with Crippen molar-refractivity contribution in [2.45, 2.75) is 114 Å². The Morgan fingerprint density at radius 2 is 1.48 bits per heavy atom. The van der Waals surface area contributed by atoms with Crippen molar-refractivity contribution in [3.05, 3.63) is 0 Å². The summed E-state index contributed by atoms with van der Waals surface area (Å²) in [6.45, 7) is 2.97. The molecule has 0 spiro atoms. The van der Waals surface area contributed by atoms with E-state index in [-0.39, 0.29) is 24.3 Å². The second-order valence-corrected chi connectivity index (χ2v) is 9.90. The van der Waals surface area contributed by atoms with E-state index in [0.717, 1.165) is 70.4 Å². The molecular formula is C24H42N4O3. The van der Waals surface area contributed by atoms with E-state index in [4.69, 9.17) is 20.2 Å². The van der Waals surface area contributed by atoms with Crippen LogP contribution in [0.25, 0.3) is 0 Å². The van der Waals surface area contributed by atoms with Gasteiger partial charge in [-0.25, -0.2) is 14.7 Å². The van der Waals surface area contributed by atoms with Crippen LogP contribution < -0.4 is 5.73 Å². The topological polar surface area (TPSA) is 80.4 Å². The van der Waals surface area contributed by atoms with Gasteiger partial charge in [0.1, 0.15) is 6.10 Å². The van der Waals surface area contributed by atoms with E-state index in [1.807, 2.05) is 4.90 Å². The molecule has 0 aromatic rings. The van der Waals surface area contributed by atoms with E-state index < -0.39 is 0 Å². The summed E-state index contributed by atoms with van der Waals surface area (Å²) in [5.74, 6) is 0.861. The predicted molar refractivity (Wildman–Crippen MR) is 122 cm³/mol. The summed E-state index contributed by atoms with van der Waals surface area (Å²) in [4.78, 5) is 23.2. The van der Waals surface area contributed by atoms with Gasteiger partial charge in [-0.15, -0.1) is 0 Å². The van der Waals surface area contributed by atoms with Crippen molar-refractivity contribution in [3.63, 3.8) is 0 Å². The van der Waals surface area contributed by atoms with Gasteiger partial charge in [0.15, 0.2) is 0 Å². The molecule has 1 saturated heterocycles. The van der Waals surface area contributed by atoms with Crippen LogP contribution in [0.4, 0.5) is 4.79 Å². The Labute approximate surface area is 187 Å². The zero-order valence-electron chi connectivity index (χ0n) is 19.2. The van der Waals surface area contributed by atoms with Crippen molar-refractivity contribution < 1.29 is 14.3 Å². The predicted octanol–water partition coefficient (Wildman–Crippen LogP) is 4.05. The number of guanidine groups is 1. The number of morpholine rings is 1. The number of aliphatic imine (C=N–C) groups is 1. The Kier molecular flexibility index (Phi) is 8.48. The fourth-order valence-electron chi connectivity index (χ4n) is 5.57. The van der Waals surface area contributed by atoms with Gasteiger partial charge in [0.25, 0.3) is 0 Å². The SMILES string of the molecule is NC1CCC(OC(=O)N(C(=NC2CCCCC2)N2CCOCC2)C2CCCCC2)CC1. The van der Waals surface area contributed by atoms with Crippen LogP contribution in [0.3, 0.4) is 0 Å². The van der Waals surface area contributed by atoms with Crippen LogP contribution in [-0.2, 0) is 9.47 Å². The first-order valence-electron chi connectivity index (χ1n) is 12.9. The molecule has 0 aromatic carbocycles. The molecule has 4 fully saturated rings. The van der Waals surface area contributed by atoms with Crippen LogP contribution in [-0.4, -0.2) is 72.4 Å². The van der Waals surface area contributed by atoms with Gasteiger partial charge in [0.05, 0.1) is 19.3 Å². The summed E-state index contributed by atoms with van der Waals surface area (Å²) in [6.07, 6.45) is 15.1. The Bertz CT molecular complexity index is 588. The number of carbonyl (C=O) groups excluding carboxylic acids is 1. The number of hydrogen-bond donors (Lipinski definition) is 1. The molecule has 1 amide bonds. The minimum Gasteiger partial charge on any atom is -0.446 e. The normalized spacial score (nSPS) is 29.6. The highest BCUT2D eigenvalue weighted by atomic mass is 16.6. The minimum atomic E-state index is -0.187. The Balaban J connectivity index is 1.57. The monoisotopic (exact) mass is 434 g/mol. The molecule has 0 bridgehead atoms. The van der Waals surface area contributed by atoms with Gasteiger partial charge in [0, 0.05) is 25.2 Å². The van der Waals surface area contributed by atoms with Gasteiger partial charge in [-0.05, 0) is 51.4 Å². The van der Waals surface area contributed by atoms with Crippen LogP contribution in [0.1, 0.15) is 89.9 Å². The molecule has 176 valence electrons. The van der Waals surface area contributed by atoms with Gasteiger partial charge < -0.3 is 20.1 Å². The molecule has 1 heterocycles. The fourth-order valence-corrected chi connectivity index (χ4v) is 5.57. The van der Waals surface area contributed by atoms with E-state index in [0.29, 0.717) is 19.3 Å². The Morgan fingerprint density at radius 1 is 0.871 bits per heavy atom. The number of nitrogens with two attached hydrogens (primary N) is 1. The van der Waals surface area contributed by atoms with Gasteiger partial charge in [-0.2, -0.15) is 0 Å². The van der Waals surface area contributed by atoms with Crippen LogP contribution in [0.5, 0.6) is 0 Å². The third-order valence-corrected chi connectivity index (χ3v) is 7.51. The third-order valence-electron chi connectivity index (χ3n) is 7.51. The summed E-state index contributed by atoms with van der Waals surface area (Å²) in [5.41, 5.74) is 6.07. The smallest absolute Gasteiger partial charge is 0.417 e. The molecule has 4 rings (SSSR count). The van der Waals surface area contributed by atoms with Crippen molar-refractivity contribution in [2.24, 2.45) is 10.7 Å². The van der Waals surface area contributed by atoms with Crippen LogP contribution >= 0.6 is 0 Å². The average Bonchev–Trinajstić information content (AvgIpc) is 2.82. The largest absolute Gasteiger partial charge is 0.446 e. The molecule has 0 atom stereocenters. The van der Waals surface area contributed by atoms with Crippen molar-refractivity contribution in [1.29, 1.82) is 0 Å². The highest BCUT2D eigenvalue weighted by Crippen LogP contribution is 2.28. The molecule has 4 aliphatic rings. The van der Waals surface area contributed by atoms with Crippen LogP contribution in [0.2, 0.25) is 0 Å². The van der Waals surface area contributed by atoms with E-state index in [2.05, 4.69) is 4.90 Å². The first kappa shape index (κ1) is 22.8. The number of ether oxygens (including phenoxy) is 2.